The molecule has 2 aromatic heterocycles. The normalized spacial score (nSPS) is 12.1. The lowest BCUT2D eigenvalue weighted by Gasteiger charge is -2.12. The maximum atomic E-state index is 10.2. The molecule has 0 bridgehead atoms. The monoisotopic (exact) mass is 324 g/mol. The van der Waals surface area contributed by atoms with Crippen molar-refractivity contribution < 1.29 is 5.11 Å². The van der Waals surface area contributed by atoms with Gasteiger partial charge in [-0.05, 0) is 36.8 Å². The van der Waals surface area contributed by atoms with Gasteiger partial charge in [0.2, 0.25) is 0 Å². The molecule has 0 fully saturated rings. The zero-order chi connectivity index (χ0) is 16.9. The van der Waals surface area contributed by atoms with Crippen LogP contribution in [0.2, 0.25) is 0 Å². The summed E-state index contributed by atoms with van der Waals surface area (Å²) in [5, 5.41) is 17.6. The lowest BCUT2D eigenvalue weighted by molar-refractivity contribution is 0.476. The molecular formula is C17H20N6O. The van der Waals surface area contributed by atoms with E-state index in [1.165, 1.54) is 0 Å². The fourth-order valence-electron chi connectivity index (χ4n) is 2.23. The van der Waals surface area contributed by atoms with Gasteiger partial charge in [-0.3, -0.25) is 0 Å². The molecule has 0 saturated carbocycles. The molecule has 0 saturated heterocycles. The summed E-state index contributed by atoms with van der Waals surface area (Å²) in [6, 6.07) is 8.89. The number of aromatic hydroxyl groups is 1. The van der Waals surface area contributed by atoms with Gasteiger partial charge in [0.1, 0.15) is 11.6 Å². The molecule has 1 atom stereocenters. The standard InChI is InChI=1S/C17H20N6O/c1-2-12(18)11-20-16-6-8-19-17(22-16)14-10-13(4-5-15(14)24)23-9-3-7-21-23/h3-10,12,24H,2,11,18H2,1H3,(H,19,20,22)/t12-/m0/s1. The lowest BCUT2D eigenvalue weighted by atomic mass is 10.1. The minimum absolute atomic E-state index is 0.0694. The Bertz CT molecular complexity index is 803. The Kier molecular flexibility index (Phi) is 4.72. The van der Waals surface area contributed by atoms with Crippen molar-refractivity contribution in [3.8, 4) is 22.8 Å². The summed E-state index contributed by atoms with van der Waals surface area (Å²) < 4.78 is 1.71. The number of nitrogens with two attached hydrogens (primary N) is 1. The third-order valence-corrected chi connectivity index (χ3v) is 3.72. The average molecular weight is 324 g/mol. The minimum Gasteiger partial charge on any atom is -0.507 e. The first kappa shape index (κ1) is 15.9. The van der Waals surface area contributed by atoms with Gasteiger partial charge < -0.3 is 16.2 Å². The van der Waals surface area contributed by atoms with Crippen molar-refractivity contribution in [1.82, 2.24) is 19.7 Å². The summed E-state index contributed by atoms with van der Waals surface area (Å²) >= 11 is 0. The summed E-state index contributed by atoms with van der Waals surface area (Å²) in [6.45, 7) is 2.67. The number of aromatic nitrogens is 4. The molecule has 0 aliphatic heterocycles. The minimum atomic E-state index is 0.0694. The predicted octanol–water partition coefficient (Wildman–Crippen LogP) is 2.18. The second kappa shape index (κ2) is 7.10. The molecule has 7 heteroatoms. The molecule has 7 nitrogen and oxygen atoms in total. The Balaban J connectivity index is 1.90. The SMILES string of the molecule is CC[C@H](N)CNc1ccnc(-c2cc(-n3cccn3)ccc2O)n1. The summed E-state index contributed by atoms with van der Waals surface area (Å²) in [6.07, 6.45) is 6.07. The largest absolute Gasteiger partial charge is 0.507 e. The van der Waals surface area contributed by atoms with E-state index in [0.717, 1.165) is 12.1 Å². The molecule has 3 rings (SSSR count). The summed E-state index contributed by atoms with van der Waals surface area (Å²) in [5.74, 6) is 1.23. The number of benzene rings is 1. The van der Waals surface area contributed by atoms with Crippen LogP contribution < -0.4 is 11.1 Å². The Labute approximate surface area is 140 Å². The first-order chi connectivity index (χ1) is 11.7. The van der Waals surface area contributed by atoms with Gasteiger partial charge in [-0.15, -0.1) is 0 Å². The highest BCUT2D eigenvalue weighted by atomic mass is 16.3. The molecular weight excluding hydrogens is 304 g/mol. The number of phenols is 1. The lowest BCUT2D eigenvalue weighted by Crippen LogP contribution is -2.28. The van der Waals surface area contributed by atoms with Crippen LogP contribution in [0.1, 0.15) is 13.3 Å². The molecule has 4 N–H and O–H groups in total. The number of hydrogen-bond acceptors (Lipinski definition) is 6. The molecule has 0 radical (unpaired) electrons. The van der Waals surface area contributed by atoms with E-state index in [1.54, 1.807) is 41.3 Å². The van der Waals surface area contributed by atoms with E-state index in [0.29, 0.717) is 23.8 Å². The number of rotatable bonds is 6. The predicted molar refractivity (Wildman–Crippen MR) is 93.0 cm³/mol. The van der Waals surface area contributed by atoms with Crippen molar-refractivity contribution in [2.45, 2.75) is 19.4 Å². The van der Waals surface area contributed by atoms with Crippen LogP contribution in [0.25, 0.3) is 17.1 Å². The van der Waals surface area contributed by atoms with E-state index >= 15 is 0 Å². The summed E-state index contributed by atoms with van der Waals surface area (Å²) in [5.41, 5.74) is 7.28. The van der Waals surface area contributed by atoms with Gasteiger partial charge in [-0.25, -0.2) is 14.6 Å². The maximum Gasteiger partial charge on any atom is 0.165 e. The van der Waals surface area contributed by atoms with Crippen molar-refractivity contribution in [3.05, 3.63) is 48.9 Å². The second-order valence-corrected chi connectivity index (χ2v) is 5.47. The van der Waals surface area contributed by atoms with Crippen LogP contribution in [0, 0.1) is 0 Å². The second-order valence-electron chi connectivity index (χ2n) is 5.47. The Morgan fingerprint density at radius 2 is 2.17 bits per heavy atom. The molecule has 2 heterocycles. The summed E-state index contributed by atoms with van der Waals surface area (Å²) in [7, 11) is 0. The van der Waals surface area contributed by atoms with Crippen LogP contribution in [0.5, 0.6) is 5.75 Å². The van der Waals surface area contributed by atoms with Gasteiger partial charge >= 0.3 is 0 Å². The van der Waals surface area contributed by atoms with Gasteiger partial charge in [0.15, 0.2) is 5.82 Å². The van der Waals surface area contributed by atoms with Crippen LogP contribution in [-0.2, 0) is 0 Å². The van der Waals surface area contributed by atoms with Crippen LogP contribution in [0.3, 0.4) is 0 Å². The number of hydrogen-bond donors (Lipinski definition) is 3. The Morgan fingerprint density at radius 3 is 2.92 bits per heavy atom. The van der Waals surface area contributed by atoms with Gasteiger partial charge in [0.25, 0.3) is 0 Å². The van der Waals surface area contributed by atoms with E-state index in [2.05, 4.69) is 20.4 Å². The molecule has 0 spiro atoms. The third-order valence-electron chi connectivity index (χ3n) is 3.72. The van der Waals surface area contributed by atoms with Gasteiger partial charge in [-0.1, -0.05) is 6.92 Å². The molecule has 0 unspecified atom stereocenters. The molecule has 0 aliphatic carbocycles. The Hall–Kier alpha value is -2.93. The fraction of sp³-hybridized carbons (Fsp3) is 0.235. The fourth-order valence-corrected chi connectivity index (χ4v) is 2.23. The molecule has 0 amide bonds. The molecule has 3 aromatic rings. The number of phenolic OH excluding ortho intramolecular Hbond substituents is 1. The zero-order valence-corrected chi connectivity index (χ0v) is 13.4. The molecule has 1 aromatic carbocycles. The van der Waals surface area contributed by atoms with E-state index in [-0.39, 0.29) is 11.8 Å². The molecule has 0 aliphatic rings. The van der Waals surface area contributed by atoms with Crippen LogP contribution in [0.4, 0.5) is 5.82 Å². The van der Waals surface area contributed by atoms with Crippen molar-refractivity contribution in [3.63, 3.8) is 0 Å². The number of nitrogens with one attached hydrogen (secondary N) is 1. The quantitative estimate of drug-likeness (QED) is 0.642. The van der Waals surface area contributed by atoms with E-state index < -0.39 is 0 Å². The number of anilines is 1. The van der Waals surface area contributed by atoms with Crippen molar-refractivity contribution in [2.24, 2.45) is 5.73 Å². The number of nitrogens with zero attached hydrogens (tertiary/aromatic N) is 4. The van der Waals surface area contributed by atoms with Gasteiger partial charge in [0.05, 0.1) is 11.3 Å². The van der Waals surface area contributed by atoms with Gasteiger partial charge in [-0.2, -0.15) is 5.10 Å². The van der Waals surface area contributed by atoms with Crippen molar-refractivity contribution in [1.29, 1.82) is 0 Å². The molecule has 24 heavy (non-hydrogen) atoms. The van der Waals surface area contributed by atoms with E-state index in [4.69, 9.17) is 5.73 Å². The van der Waals surface area contributed by atoms with Crippen LogP contribution in [0.15, 0.2) is 48.9 Å². The van der Waals surface area contributed by atoms with E-state index in [1.807, 2.05) is 19.2 Å². The maximum absolute atomic E-state index is 10.2. The topological polar surface area (TPSA) is 102 Å². The van der Waals surface area contributed by atoms with Crippen LogP contribution in [-0.4, -0.2) is 37.4 Å². The Morgan fingerprint density at radius 1 is 1.29 bits per heavy atom. The van der Waals surface area contributed by atoms with E-state index in [9.17, 15) is 5.11 Å². The highest BCUT2D eigenvalue weighted by Crippen LogP contribution is 2.29. The molecule has 124 valence electrons. The first-order valence-electron chi connectivity index (χ1n) is 7.83. The highest BCUT2D eigenvalue weighted by Gasteiger charge is 2.11. The van der Waals surface area contributed by atoms with Gasteiger partial charge in [0, 0.05) is 31.2 Å². The average Bonchev–Trinajstić information content (AvgIpc) is 3.15. The summed E-state index contributed by atoms with van der Waals surface area (Å²) in [4.78, 5) is 8.73. The highest BCUT2D eigenvalue weighted by molar-refractivity contribution is 5.67. The first-order valence-corrected chi connectivity index (χ1v) is 7.83. The van der Waals surface area contributed by atoms with Crippen molar-refractivity contribution in [2.75, 3.05) is 11.9 Å². The van der Waals surface area contributed by atoms with Crippen molar-refractivity contribution >= 4 is 5.82 Å². The van der Waals surface area contributed by atoms with Crippen LogP contribution >= 0.6 is 0 Å². The third kappa shape index (κ3) is 3.52. The zero-order valence-electron chi connectivity index (χ0n) is 13.4. The smallest absolute Gasteiger partial charge is 0.165 e.